The smallest absolute Gasteiger partial charge is 0.225 e. The maximum Gasteiger partial charge on any atom is 0.225 e. The Morgan fingerprint density at radius 1 is 0.406 bits per heavy atom. The molecule has 2 aliphatic heterocycles. The number of aliphatic hydroxyl groups is 3. The molecule has 2 heterocycles. The van der Waals surface area contributed by atoms with E-state index < -0.39 is 116 Å². The van der Waals surface area contributed by atoms with E-state index in [2.05, 4.69) is 0 Å². The van der Waals surface area contributed by atoms with Gasteiger partial charge in [0.2, 0.25) is 11.6 Å². The molecule has 10 aromatic rings. The number of carbonyl (C=O) groups excluding carboxylic acids is 1. The molecule has 0 amide bonds. The summed E-state index contributed by atoms with van der Waals surface area (Å²) in [7, 11) is -2.81. The Balaban J connectivity index is 0.000000221. The number of methoxy groups -OCH3 is 4. The van der Waals surface area contributed by atoms with Gasteiger partial charge in [0.05, 0.1) is 81.8 Å². The van der Waals surface area contributed by atoms with E-state index in [0.717, 1.165) is 33.4 Å². The van der Waals surface area contributed by atoms with Gasteiger partial charge in [-0.1, -0.05) is 229 Å². The van der Waals surface area contributed by atoms with Crippen molar-refractivity contribution in [2.45, 2.75) is 112 Å². The Bertz CT molecular complexity index is 4630. The Kier molecular flexibility index (Phi) is 24.7. The molecule has 0 aromatic heterocycles. The van der Waals surface area contributed by atoms with Gasteiger partial charge in [-0.3, -0.25) is 4.79 Å². The highest BCUT2D eigenvalue weighted by Crippen LogP contribution is 2.50. The Morgan fingerprint density at radius 3 is 1.06 bits per heavy atom. The largest absolute Gasteiger partial charge is 0.494 e. The Labute approximate surface area is 635 Å². The van der Waals surface area contributed by atoms with E-state index in [1.165, 1.54) is 44.6 Å². The van der Waals surface area contributed by atoms with Crippen LogP contribution < -0.4 is 9.47 Å². The van der Waals surface area contributed by atoms with Crippen LogP contribution in [0.3, 0.4) is 0 Å². The summed E-state index contributed by atoms with van der Waals surface area (Å²) < 4.78 is 150. The first-order valence-corrected chi connectivity index (χ1v) is 35.0. The predicted octanol–water partition coefficient (Wildman–Crippen LogP) is 15.0. The van der Waals surface area contributed by atoms with Gasteiger partial charge in [-0.2, -0.15) is 0 Å². The van der Waals surface area contributed by atoms with E-state index in [4.69, 9.17) is 88.3 Å². The van der Waals surface area contributed by atoms with Crippen molar-refractivity contribution < 1.29 is 94.0 Å². The van der Waals surface area contributed by atoms with Crippen LogP contribution in [0.15, 0.2) is 255 Å². The van der Waals surface area contributed by atoms with Gasteiger partial charge in [0, 0.05) is 35.4 Å². The SMILES string of the molecule is [2H]C([2H])([2H])Oc1ccc(Cc2cc([C@]3(OC)OC(CO)(CO)[C@@H](OCc4ccccc4)[C@H](OCc4ccccc4)[C@H]3OCc3ccccc3)ccc2Cl)cc1F.[2H]C([2H])([2H])Oc1ccc(Cc2cc([C@]3(OC)O[C@@](C=O)(CO)[C@@H](OCc4ccccc4)[C@H](OCc4ccccc4)[C@H]3OCc3ccccc3)ccc2Cl)cc1F. The van der Waals surface area contributed by atoms with Crippen LogP contribution in [0.25, 0.3) is 0 Å². The first kappa shape index (κ1) is 70.4. The summed E-state index contributed by atoms with van der Waals surface area (Å²) >= 11 is 13.5. The van der Waals surface area contributed by atoms with Gasteiger partial charge < -0.3 is 72.2 Å². The molecule has 16 nitrogen and oxygen atoms in total. The number of rotatable bonds is 32. The van der Waals surface area contributed by atoms with Crippen molar-refractivity contribution in [3.63, 3.8) is 0 Å². The van der Waals surface area contributed by atoms with Crippen molar-refractivity contribution in [1.29, 1.82) is 0 Å². The molecular weight excluding hydrogens is 1400 g/mol. The first-order valence-electron chi connectivity index (χ1n) is 37.2. The molecule has 106 heavy (non-hydrogen) atoms. The molecule has 2 saturated heterocycles. The van der Waals surface area contributed by atoms with E-state index in [0.29, 0.717) is 49.7 Å². The summed E-state index contributed by atoms with van der Waals surface area (Å²) in [5, 5.41) is 34.1. The summed E-state index contributed by atoms with van der Waals surface area (Å²) in [6.45, 7) is -1.63. The average molecular weight is 1490 g/mol. The molecule has 9 atom stereocenters. The van der Waals surface area contributed by atoms with Crippen LogP contribution in [0, 0.1) is 11.6 Å². The van der Waals surface area contributed by atoms with Gasteiger partial charge >= 0.3 is 0 Å². The van der Waals surface area contributed by atoms with Gasteiger partial charge in [0.15, 0.2) is 35.0 Å². The second-order valence-electron chi connectivity index (χ2n) is 25.7. The quantitative estimate of drug-likeness (QED) is 0.0337. The number of benzene rings is 10. The van der Waals surface area contributed by atoms with E-state index in [1.54, 1.807) is 42.5 Å². The lowest BCUT2D eigenvalue weighted by Crippen LogP contribution is -2.72. The molecule has 2 aliphatic rings. The lowest BCUT2D eigenvalue weighted by atomic mass is 9.80. The van der Waals surface area contributed by atoms with Crippen molar-refractivity contribution in [3.05, 3.63) is 343 Å². The van der Waals surface area contributed by atoms with Crippen LogP contribution in [0.1, 0.15) is 75.0 Å². The van der Waals surface area contributed by atoms with E-state index in [9.17, 15) is 20.1 Å². The molecule has 0 unspecified atom stereocenters. The van der Waals surface area contributed by atoms with Crippen LogP contribution in [0.5, 0.6) is 11.5 Å². The second-order valence-corrected chi connectivity index (χ2v) is 26.5. The van der Waals surface area contributed by atoms with Crippen LogP contribution in [-0.2, 0) is 116 Å². The molecule has 20 heteroatoms. The molecule has 10 aromatic carbocycles. The van der Waals surface area contributed by atoms with Crippen LogP contribution >= 0.6 is 23.2 Å². The van der Waals surface area contributed by atoms with Crippen molar-refractivity contribution >= 4 is 29.5 Å². The van der Waals surface area contributed by atoms with Crippen molar-refractivity contribution in [2.24, 2.45) is 0 Å². The number of aliphatic hydroxyl groups excluding tert-OH is 3. The molecule has 0 saturated carbocycles. The summed E-state index contributed by atoms with van der Waals surface area (Å²) in [6.07, 6.45) is -5.91. The molecule has 2 fully saturated rings. The normalized spacial score (nSPS) is 22.9. The zero-order valence-corrected chi connectivity index (χ0v) is 59.7. The molecule has 12 rings (SSSR count). The van der Waals surface area contributed by atoms with Crippen LogP contribution in [0.4, 0.5) is 8.78 Å². The standard InChI is InChI=1S/C43H44ClFO8.C43H42ClFO8/c2*1-48-38-21-18-33(23-37(38)45)22-34-24-35(19-20-36(34)44)43(49-2)41(52-27-32-16-10-5-11-17-32)39(50-25-30-12-6-3-7-13-30)40(42(28-46,29-47)53-43)51-26-31-14-8-4-9-15-31/h3-21,23-24,39-41,46-47H,22,25-29H2,1-2H3;3-21,23-24,28,39-41,47H,22,25-27,29H2,1-2H3/t39-,40-,41+,43-;39-,40-,41+,42-,43-/m00/s1/i2*1D3. The first-order chi connectivity index (χ1) is 54.0. The van der Waals surface area contributed by atoms with Gasteiger partial charge in [-0.05, 0) is 117 Å². The molecule has 0 spiro atoms. The molecule has 0 bridgehead atoms. The minimum absolute atomic E-state index is 0.0544. The second kappa shape index (κ2) is 37.3. The Morgan fingerprint density at radius 2 is 0.736 bits per heavy atom. The fourth-order valence-corrected chi connectivity index (χ4v) is 13.6. The third kappa shape index (κ3) is 18.3. The predicted molar refractivity (Wildman–Crippen MR) is 397 cm³/mol. The summed E-state index contributed by atoms with van der Waals surface area (Å²) in [5.74, 6) is -6.30. The topological polar surface area (TPSA) is 189 Å². The highest BCUT2D eigenvalue weighted by molar-refractivity contribution is 6.31. The lowest BCUT2D eigenvalue weighted by Gasteiger charge is -2.56. The molecule has 0 radical (unpaired) electrons. The van der Waals surface area contributed by atoms with Crippen LogP contribution in [-0.4, -0.2) is 118 Å². The number of ether oxygens (including phenoxy) is 12. The number of hydrogen-bond acceptors (Lipinski definition) is 16. The van der Waals surface area contributed by atoms with Gasteiger partial charge in [0.1, 0.15) is 42.2 Å². The minimum Gasteiger partial charge on any atom is -0.494 e. The van der Waals surface area contributed by atoms with E-state index >= 15 is 8.78 Å². The highest BCUT2D eigenvalue weighted by atomic mass is 35.5. The number of aldehydes is 1. The van der Waals surface area contributed by atoms with Crippen molar-refractivity contribution in [1.82, 2.24) is 0 Å². The summed E-state index contributed by atoms with van der Waals surface area (Å²) in [4.78, 5) is 13.4. The zero-order valence-electron chi connectivity index (χ0n) is 64.2. The van der Waals surface area contributed by atoms with E-state index in [-0.39, 0.29) is 52.5 Å². The highest BCUT2D eigenvalue weighted by Gasteiger charge is 2.66. The third-order valence-corrected chi connectivity index (χ3v) is 19.5. The summed E-state index contributed by atoms with van der Waals surface area (Å²) in [5.41, 5.74) is 3.98. The number of hydrogen-bond donors (Lipinski definition) is 3. The molecule has 0 aliphatic carbocycles. The Hall–Kier alpha value is -8.61. The molecular formula is C86H86Cl2F2O16. The minimum atomic E-state index is -2.83. The summed E-state index contributed by atoms with van der Waals surface area (Å²) in [6, 6.07) is 74.8. The third-order valence-electron chi connectivity index (χ3n) is 18.8. The van der Waals surface area contributed by atoms with Crippen molar-refractivity contribution in [2.75, 3.05) is 48.1 Å². The fraction of sp³-hybridized carbons (Fsp3) is 0.291. The van der Waals surface area contributed by atoms with E-state index in [1.807, 2.05) is 182 Å². The molecule has 554 valence electrons. The fourth-order valence-electron chi connectivity index (χ4n) is 13.3. The molecule has 3 N–H and O–H groups in total. The van der Waals surface area contributed by atoms with Crippen LogP contribution in [0.2, 0.25) is 10.0 Å². The van der Waals surface area contributed by atoms with Gasteiger partial charge in [-0.15, -0.1) is 0 Å². The number of halogens is 4. The lowest BCUT2D eigenvalue weighted by molar-refractivity contribution is -0.417. The number of carbonyl (C=O) groups is 1. The maximum absolute atomic E-state index is 15.0. The maximum atomic E-state index is 15.0. The van der Waals surface area contributed by atoms with Crippen molar-refractivity contribution in [3.8, 4) is 11.5 Å². The zero-order chi connectivity index (χ0) is 79.5. The monoisotopic (exact) mass is 1490 g/mol. The average Bonchev–Trinajstić information content (AvgIpc) is 0.723. The van der Waals surface area contributed by atoms with Gasteiger partial charge in [0.25, 0.3) is 0 Å². The van der Waals surface area contributed by atoms with Gasteiger partial charge in [-0.25, -0.2) is 8.78 Å².